The van der Waals surface area contributed by atoms with Gasteiger partial charge < -0.3 is 5.32 Å². The van der Waals surface area contributed by atoms with Crippen LogP contribution in [-0.4, -0.2) is 11.7 Å². The third-order valence-electron chi connectivity index (χ3n) is 4.31. The summed E-state index contributed by atoms with van der Waals surface area (Å²) in [4.78, 5) is 25.2. The maximum absolute atomic E-state index is 12.7. The Morgan fingerprint density at radius 1 is 0.889 bits per heavy atom. The van der Waals surface area contributed by atoms with Gasteiger partial charge in [-0.1, -0.05) is 55.8 Å². The molecular weight excluding hydrogens is 336 g/mol. The summed E-state index contributed by atoms with van der Waals surface area (Å²) in [5.74, 6) is -0.278. The first-order valence-corrected chi connectivity index (χ1v) is 9.14. The van der Waals surface area contributed by atoms with Crippen molar-refractivity contribution in [3.63, 3.8) is 0 Å². The summed E-state index contributed by atoms with van der Waals surface area (Å²) < 4.78 is 1.83. The van der Waals surface area contributed by atoms with Crippen LogP contribution >= 0.6 is 0 Å². The molecule has 0 unspecified atom stereocenters. The zero-order valence-electron chi connectivity index (χ0n) is 15.4. The molecule has 2 aromatic carbocycles. The van der Waals surface area contributed by atoms with Crippen LogP contribution in [0.15, 0.2) is 79.1 Å². The Bertz CT molecular complexity index is 919. The topological polar surface area (TPSA) is 50.0 Å². The number of aryl methyl sites for hydroxylation is 1. The number of benzene rings is 2. The molecule has 1 aromatic heterocycles. The van der Waals surface area contributed by atoms with Crippen LogP contribution < -0.4 is 9.88 Å². The molecule has 1 heterocycles. The summed E-state index contributed by atoms with van der Waals surface area (Å²) in [5, 5.41) is 2.87. The molecule has 3 aromatic rings. The molecule has 0 bridgehead atoms. The number of ketones is 1. The van der Waals surface area contributed by atoms with Gasteiger partial charge in [-0.25, -0.2) is 0 Å². The normalized spacial score (nSPS) is 10.4. The van der Waals surface area contributed by atoms with Gasteiger partial charge in [-0.15, -0.1) is 0 Å². The van der Waals surface area contributed by atoms with Crippen molar-refractivity contribution in [2.24, 2.45) is 0 Å². The Kier molecular flexibility index (Phi) is 6.10. The van der Waals surface area contributed by atoms with Crippen molar-refractivity contribution in [1.82, 2.24) is 0 Å². The number of nitrogens with one attached hydrogen (secondary N) is 1. The Morgan fingerprint density at radius 3 is 2.26 bits per heavy atom. The molecule has 136 valence electrons. The lowest BCUT2D eigenvalue weighted by Crippen LogP contribution is -2.39. The van der Waals surface area contributed by atoms with E-state index in [4.69, 9.17) is 0 Å². The summed E-state index contributed by atoms with van der Waals surface area (Å²) >= 11 is 0. The van der Waals surface area contributed by atoms with Crippen LogP contribution in [0.3, 0.4) is 0 Å². The number of anilines is 1. The van der Waals surface area contributed by atoms with E-state index >= 15 is 0 Å². The van der Waals surface area contributed by atoms with Gasteiger partial charge in [-0.05, 0) is 24.1 Å². The Morgan fingerprint density at radius 2 is 1.56 bits per heavy atom. The SMILES string of the molecule is CCCc1cc[n+](CC(=O)Nc2ccccc2C(=O)c2ccccc2)cc1. The molecule has 0 saturated carbocycles. The summed E-state index contributed by atoms with van der Waals surface area (Å²) in [5.41, 5.74) is 2.87. The second kappa shape index (κ2) is 8.90. The van der Waals surface area contributed by atoms with Gasteiger partial charge >= 0.3 is 0 Å². The van der Waals surface area contributed by atoms with Crippen molar-refractivity contribution in [2.75, 3.05) is 5.32 Å². The van der Waals surface area contributed by atoms with Gasteiger partial charge in [0.05, 0.1) is 5.69 Å². The fourth-order valence-corrected chi connectivity index (χ4v) is 2.94. The minimum Gasteiger partial charge on any atom is -0.320 e. The average Bonchev–Trinajstić information content (AvgIpc) is 2.70. The van der Waals surface area contributed by atoms with Gasteiger partial charge in [-0.3, -0.25) is 9.59 Å². The maximum atomic E-state index is 12.7. The lowest BCUT2D eigenvalue weighted by Gasteiger charge is -2.09. The van der Waals surface area contributed by atoms with E-state index in [1.54, 1.807) is 30.3 Å². The molecule has 0 spiro atoms. The smallest absolute Gasteiger partial charge is 0.290 e. The van der Waals surface area contributed by atoms with E-state index in [1.165, 1.54) is 5.56 Å². The lowest BCUT2D eigenvalue weighted by atomic mass is 10.0. The molecule has 0 atom stereocenters. The van der Waals surface area contributed by atoms with Crippen molar-refractivity contribution in [3.8, 4) is 0 Å². The van der Waals surface area contributed by atoms with Crippen LogP contribution in [0.5, 0.6) is 0 Å². The highest BCUT2D eigenvalue weighted by molar-refractivity contribution is 6.13. The van der Waals surface area contributed by atoms with Crippen LogP contribution in [0.2, 0.25) is 0 Å². The van der Waals surface area contributed by atoms with Crippen molar-refractivity contribution < 1.29 is 14.2 Å². The van der Waals surface area contributed by atoms with E-state index in [2.05, 4.69) is 12.2 Å². The van der Waals surface area contributed by atoms with Crippen LogP contribution in [0.4, 0.5) is 5.69 Å². The quantitative estimate of drug-likeness (QED) is 0.515. The molecule has 27 heavy (non-hydrogen) atoms. The molecule has 4 nitrogen and oxygen atoms in total. The monoisotopic (exact) mass is 359 g/mol. The van der Waals surface area contributed by atoms with Gasteiger partial charge in [0.2, 0.25) is 6.54 Å². The van der Waals surface area contributed by atoms with E-state index in [0.717, 1.165) is 12.8 Å². The van der Waals surface area contributed by atoms with E-state index < -0.39 is 0 Å². The number of nitrogens with zero attached hydrogens (tertiary/aromatic N) is 1. The highest BCUT2D eigenvalue weighted by Gasteiger charge is 2.16. The highest BCUT2D eigenvalue weighted by Crippen LogP contribution is 2.19. The highest BCUT2D eigenvalue weighted by atomic mass is 16.2. The summed E-state index contributed by atoms with van der Waals surface area (Å²) in [6.07, 6.45) is 5.94. The van der Waals surface area contributed by atoms with Crippen LogP contribution in [0, 0.1) is 0 Å². The third kappa shape index (κ3) is 4.88. The summed E-state index contributed by atoms with van der Waals surface area (Å²) in [6, 6.07) is 20.2. The number of pyridine rings is 1. The Balaban J connectivity index is 1.72. The minimum atomic E-state index is -0.170. The minimum absolute atomic E-state index is 0.108. The Labute approximate surface area is 159 Å². The summed E-state index contributed by atoms with van der Waals surface area (Å²) in [6.45, 7) is 2.34. The predicted octanol–water partition coefficient (Wildman–Crippen LogP) is 3.80. The zero-order chi connectivity index (χ0) is 19.1. The first-order valence-electron chi connectivity index (χ1n) is 9.14. The molecule has 3 rings (SSSR count). The van der Waals surface area contributed by atoms with Gasteiger partial charge in [0.15, 0.2) is 18.2 Å². The number of aromatic nitrogens is 1. The number of amides is 1. The first kappa shape index (κ1) is 18.5. The number of carbonyl (C=O) groups excluding carboxylic acids is 2. The number of hydrogen-bond donors (Lipinski definition) is 1. The van der Waals surface area contributed by atoms with Crippen molar-refractivity contribution in [1.29, 1.82) is 0 Å². The van der Waals surface area contributed by atoms with E-state index in [0.29, 0.717) is 16.8 Å². The molecule has 1 amide bonds. The predicted molar refractivity (Wildman–Crippen MR) is 106 cm³/mol. The van der Waals surface area contributed by atoms with Crippen molar-refractivity contribution in [3.05, 3.63) is 95.8 Å². The third-order valence-corrected chi connectivity index (χ3v) is 4.31. The van der Waals surface area contributed by atoms with Crippen molar-refractivity contribution in [2.45, 2.75) is 26.3 Å². The lowest BCUT2D eigenvalue weighted by molar-refractivity contribution is -0.684. The number of carbonyl (C=O) groups is 2. The molecule has 0 saturated heterocycles. The van der Waals surface area contributed by atoms with Gasteiger partial charge in [-0.2, -0.15) is 4.57 Å². The van der Waals surface area contributed by atoms with Crippen LogP contribution in [-0.2, 0) is 17.8 Å². The number of rotatable bonds is 7. The second-order valence-electron chi connectivity index (χ2n) is 6.42. The second-order valence-corrected chi connectivity index (χ2v) is 6.42. The average molecular weight is 359 g/mol. The molecule has 4 heteroatoms. The molecule has 1 N–H and O–H groups in total. The molecule has 0 aliphatic carbocycles. The van der Waals surface area contributed by atoms with Gasteiger partial charge in [0.1, 0.15) is 0 Å². The first-order chi connectivity index (χ1) is 13.2. The number of hydrogen-bond acceptors (Lipinski definition) is 2. The molecular formula is C23H23N2O2+. The fraction of sp³-hybridized carbons (Fsp3) is 0.174. The van der Waals surface area contributed by atoms with E-state index in [1.807, 2.05) is 53.4 Å². The molecule has 0 aliphatic rings. The largest absolute Gasteiger partial charge is 0.320 e. The zero-order valence-corrected chi connectivity index (χ0v) is 15.4. The van der Waals surface area contributed by atoms with Gasteiger partial charge in [0, 0.05) is 23.3 Å². The molecule has 0 radical (unpaired) electrons. The standard InChI is InChI=1S/C23H22N2O2/c1-2-8-18-13-15-25(16-14-18)17-22(26)24-21-12-7-6-11-20(21)23(27)19-9-4-3-5-10-19/h3-7,9-16H,2,8,17H2,1H3/p+1. The molecule has 0 aliphatic heterocycles. The number of para-hydroxylation sites is 1. The van der Waals surface area contributed by atoms with E-state index in [9.17, 15) is 9.59 Å². The van der Waals surface area contributed by atoms with E-state index in [-0.39, 0.29) is 18.2 Å². The Hall–Kier alpha value is -3.27. The van der Waals surface area contributed by atoms with Crippen LogP contribution in [0.1, 0.15) is 34.8 Å². The van der Waals surface area contributed by atoms with Crippen molar-refractivity contribution >= 4 is 17.4 Å². The van der Waals surface area contributed by atoms with Crippen LogP contribution in [0.25, 0.3) is 0 Å². The van der Waals surface area contributed by atoms with Gasteiger partial charge in [0.25, 0.3) is 5.91 Å². The summed E-state index contributed by atoms with van der Waals surface area (Å²) in [7, 11) is 0. The molecule has 0 fully saturated rings. The fourth-order valence-electron chi connectivity index (χ4n) is 2.94. The maximum Gasteiger partial charge on any atom is 0.290 e.